The molecular formula is C19H17BrN2OS. The third-order valence-corrected chi connectivity index (χ3v) is 5.32. The second-order valence-electron chi connectivity index (χ2n) is 5.60. The van der Waals surface area contributed by atoms with Crippen molar-refractivity contribution in [2.45, 2.75) is 24.6 Å². The van der Waals surface area contributed by atoms with Gasteiger partial charge >= 0.3 is 0 Å². The summed E-state index contributed by atoms with van der Waals surface area (Å²) in [6.07, 6.45) is 3.38. The molecule has 5 heteroatoms. The van der Waals surface area contributed by atoms with Crippen molar-refractivity contribution >= 4 is 27.7 Å². The minimum Gasteiger partial charge on any atom is -0.280 e. The highest BCUT2D eigenvalue weighted by Crippen LogP contribution is 2.22. The lowest BCUT2D eigenvalue weighted by molar-refractivity contribution is 0.882. The molecule has 0 saturated heterocycles. The maximum absolute atomic E-state index is 12.7. The second kappa shape index (κ2) is 7.36. The molecule has 3 aromatic rings. The van der Waals surface area contributed by atoms with E-state index in [1.165, 1.54) is 28.5 Å². The van der Waals surface area contributed by atoms with Crippen molar-refractivity contribution in [2.24, 2.45) is 0 Å². The summed E-state index contributed by atoms with van der Waals surface area (Å²) < 4.78 is 2.61. The first-order valence-corrected chi connectivity index (χ1v) is 9.35. The number of hydrogen-bond acceptors (Lipinski definition) is 3. The average molecular weight is 401 g/mol. The number of rotatable bonds is 4. The number of aromatic nitrogens is 2. The number of benzene rings is 2. The minimum absolute atomic E-state index is 0.0878. The molecule has 0 fully saturated rings. The largest absolute Gasteiger partial charge is 0.287 e. The highest BCUT2D eigenvalue weighted by Gasteiger charge is 2.09. The Morgan fingerprint density at radius 2 is 1.88 bits per heavy atom. The Labute approximate surface area is 153 Å². The summed E-state index contributed by atoms with van der Waals surface area (Å²) in [7, 11) is 0. The molecule has 0 aliphatic carbocycles. The van der Waals surface area contributed by atoms with Gasteiger partial charge in [-0.15, -0.1) is 0 Å². The van der Waals surface area contributed by atoms with Gasteiger partial charge in [0.05, 0.1) is 0 Å². The van der Waals surface area contributed by atoms with E-state index in [0.717, 1.165) is 15.9 Å². The van der Waals surface area contributed by atoms with Crippen LogP contribution in [0.25, 0.3) is 5.69 Å². The van der Waals surface area contributed by atoms with Crippen molar-refractivity contribution < 1.29 is 0 Å². The second-order valence-corrected chi connectivity index (χ2v) is 7.48. The van der Waals surface area contributed by atoms with Gasteiger partial charge in [0, 0.05) is 28.3 Å². The van der Waals surface area contributed by atoms with Crippen LogP contribution in [0.3, 0.4) is 0 Å². The molecule has 0 aliphatic heterocycles. The molecule has 0 spiro atoms. The standard InChI is InChI=1S/C19H17BrN2OS/c1-13-3-4-14(2)15(11-13)12-24-18-19(23)22(10-9-21-18)17-7-5-16(20)6-8-17/h3-11H,12H2,1-2H3. The number of nitrogens with zero attached hydrogens (tertiary/aromatic N) is 2. The van der Waals surface area contributed by atoms with E-state index in [1.54, 1.807) is 17.0 Å². The Hall–Kier alpha value is -1.85. The van der Waals surface area contributed by atoms with E-state index in [-0.39, 0.29) is 5.56 Å². The fraction of sp³-hybridized carbons (Fsp3) is 0.158. The summed E-state index contributed by atoms with van der Waals surface area (Å²) in [5.41, 5.74) is 4.44. The van der Waals surface area contributed by atoms with Gasteiger partial charge in [-0.05, 0) is 49.2 Å². The molecule has 3 nitrogen and oxygen atoms in total. The van der Waals surface area contributed by atoms with E-state index < -0.39 is 0 Å². The van der Waals surface area contributed by atoms with Gasteiger partial charge in [0.15, 0.2) is 5.03 Å². The Bertz CT molecular complexity index is 919. The molecule has 0 saturated carbocycles. The molecule has 1 aromatic heterocycles. The van der Waals surface area contributed by atoms with E-state index in [4.69, 9.17) is 0 Å². The monoisotopic (exact) mass is 400 g/mol. The van der Waals surface area contributed by atoms with Crippen LogP contribution < -0.4 is 5.56 Å². The van der Waals surface area contributed by atoms with Crippen molar-refractivity contribution in [1.29, 1.82) is 0 Å². The van der Waals surface area contributed by atoms with Crippen molar-refractivity contribution in [1.82, 2.24) is 9.55 Å². The van der Waals surface area contributed by atoms with Crippen LogP contribution in [0.1, 0.15) is 16.7 Å². The van der Waals surface area contributed by atoms with Crippen molar-refractivity contribution in [3.8, 4) is 5.69 Å². The van der Waals surface area contributed by atoms with E-state index in [0.29, 0.717) is 5.03 Å². The first-order valence-electron chi connectivity index (χ1n) is 7.57. The molecule has 2 aromatic carbocycles. The Kier molecular flexibility index (Phi) is 5.21. The molecule has 0 radical (unpaired) electrons. The van der Waals surface area contributed by atoms with Gasteiger partial charge in [-0.2, -0.15) is 0 Å². The molecule has 0 atom stereocenters. The fourth-order valence-corrected chi connectivity index (χ4v) is 3.62. The molecule has 0 bridgehead atoms. The average Bonchev–Trinajstić information content (AvgIpc) is 2.58. The molecule has 1 heterocycles. The third-order valence-electron chi connectivity index (χ3n) is 3.78. The normalized spacial score (nSPS) is 10.8. The molecule has 0 N–H and O–H groups in total. The first kappa shape index (κ1) is 17.0. The topological polar surface area (TPSA) is 34.9 Å². The number of aryl methyl sites for hydroxylation is 2. The highest BCUT2D eigenvalue weighted by atomic mass is 79.9. The summed E-state index contributed by atoms with van der Waals surface area (Å²) in [5.74, 6) is 0.736. The van der Waals surface area contributed by atoms with Crippen LogP contribution in [0.2, 0.25) is 0 Å². The fourth-order valence-electron chi connectivity index (χ4n) is 2.40. The lowest BCUT2D eigenvalue weighted by Crippen LogP contribution is -2.20. The summed E-state index contributed by atoms with van der Waals surface area (Å²) in [5, 5.41) is 0.515. The quantitative estimate of drug-likeness (QED) is 0.583. The van der Waals surface area contributed by atoms with Crippen molar-refractivity contribution in [3.05, 3.63) is 86.4 Å². The zero-order valence-corrected chi connectivity index (χ0v) is 15.9. The molecule has 122 valence electrons. The third kappa shape index (κ3) is 3.79. The molecule has 0 aliphatic rings. The zero-order chi connectivity index (χ0) is 17.1. The minimum atomic E-state index is -0.0878. The van der Waals surface area contributed by atoms with Crippen LogP contribution in [0.15, 0.2) is 69.2 Å². The summed E-state index contributed by atoms with van der Waals surface area (Å²) in [6, 6.07) is 14.0. The van der Waals surface area contributed by atoms with Crippen LogP contribution in [0.5, 0.6) is 0 Å². The van der Waals surface area contributed by atoms with Gasteiger partial charge < -0.3 is 0 Å². The van der Waals surface area contributed by atoms with Crippen molar-refractivity contribution in [2.75, 3.05) is 0 Å². The Balaban J connectivity index is 1.87. The van der Waals surface area contributed by atoms with Crippen molar-refractivity contribution in [3.63, 3.8) is 0 Å². The first-order chi connectivity index (χ1) is 11.5. The Morgan fingerprint density at radius 3 is 2.62 bits per heavy atom. The summed E-state index contributed by atoms with van der Waals surface area (Å²) in [6.45, 7) is 4.17. The van der Waals surface area contributed by atoms with Crippen LogP contribution in [-0.4, -0.2) is 9.55 Å². The zero-order valence-electron chi connectivity index (χ0n) is 13.5. The predicted molar refractivity (Wildman–Crippen MR) is 103 cm³/mol. The van der Waals surface area contributed by atoms with E-state index in [2.05, 4.69) is 53.0 Å². The molecule has 3 rings (SSSR count). The smallest absolute Gasteiger partial charge is 0.280 e. The SMILES string of the molecule is Cc1ccc(C)c(CSc2nccn(-c3ccc(Br)cc3)c2=O)c1. The number of thioether (sulfide) groups is 1. The number of hydrogen-bond donors (Lipinski definition) is 0. The van der Waals surface area contributed by atoms with Gasteiger partial charge in [0.2, 0.25) is 0 Å². The van der Waals surface area contributed by atoms with E-state index in [1.807, 2.05) is 24.3 Å². The maximum atomic E-state index is 12.7. The lowest BCUT2D eigenvalue weighted by atomic mass is 10.1. The van der Waals surface area contributed by atoms with Crippen LogP contribution in [0, 0.1) is 13.8 Å². The maximum Gasteiger partial charge on any atom is 0.287 e. The molecular weight excluding hydrogens is 384 g/mol. The van der Waals surface area contributed by atoms with Gasteiger partial charge in [0.1, 0.15) is 0 Å². The van der Waals surface area contributed by atoms with Gasteiger partial charge in [-0.1, -0.05) is 51.5 Å². The summed E-state index contributed by atoms with van der Waals surface area (Å²) in [4.78, 5) is 17.0. The number of halogens is 1. The Morgan fingerprint density at radius 1 is 1.12 bits per heavy atom. The van der Waals surface area contributed by atoms with Gasteiger partial charge in [-0.3, -0.25) is 9.36 Å². The van der Waals surface area contributed by atoms with Gasteiger partial charge in [-0.25, -0.2) is 4.98 Å². The predicted octanol–water partition coefficient (Wildman–Crippen LogP) is 4.90. The van der Waals surface area contributed by atoms with Crippen LogP contribution in [0.4, 0.5) is 0 Å². The summed E-state index contributed by atoms with van der Waals surface area (Å²) >= 11 is 4.89. The van der Waals surface area contributed by atoms with E-state index >= 15 is 0 Å². The van der Waals surface area contributed by atoms with Gasteiger partial charge in [0.25, 0.3) is 5.56 Å². The van der Waals surface area contributed by atoms with Crippen LogP contribution >= 0.6 is 27.7 Å². The lowest BCUT2D eigenvalue weighted by Gasteiger charge is -2.09. The van der Waals surface area contributed by atoms with E-state index in [9.17, 15) is 4.79 Å². The van der Waals surface area contributed by atoms with Crippen LogP contribution in [-0.2, 0) is 5.75 Å². The molecule has 0 unspecified atom stereocenters. The molecule has 0 amide bonds. The highest BCUT2D eigenvalue weighted by molar-refractivity contribution is 9.10. The molecule has 24 heavy (non-hydrogen) atoms.